The number of furan rings is 1. The Balaban J connectivity index is 1.54. The summed E-state index contributed by atoms with van der Waals surface area (Å²) in [6.07, 6.45) is 0.923. The van der Waals surface area contributed by atoms with Gasteiger partial charge in [-0.1, -0.05) is 24.3 Å². The molecule has 3 aromatic rings. The molecule has 0 aliphatic heterocycles. The van der Waals surface area contributed by atoms with Crippen molar-refractivity contribution < 1.29 is 18.7 Å². The van der Waals surface area contributed by atoms with Crippen LogP contribution in [0.25, 0.3) is 0 Å². The summed E-state index contributed by atoms with van der Waals surface area (Å²) in [6, 6.07) is 18.0. The maximum Gasteiger partial charge on any atom is 0.291 e. The van der Waals surface area contributed by atoms with Crippen LogP contribution in [0.2, 0.25) is 0 Å². The second kappa shape index (κ2) is 10.6. The fraction of sp³-hybridized carbons (Fsp3) is 0.174. The largest absolute Gasteiger partial charge is 0.497 e. The number of carbonyl (C=O) groups is 2. The highest BCUT2D eigenvalue weighted by Crippen LogP contribution is 2.17. The first-order chi connectivity index (χ1) is 14.9. The highest BCUT2D eigenvalue weighted by atomic mass is 79.9. The Kier molecular flexibility index (Phi) is 7.61. The number of ether oxygens (including phenoxy) is 1. The standard InChI is InChI=1S/C23H22BrN3O4/c1-15(26-27-22(28)13-8-16-6-9-19(30-2)10-7-16)17-4-3-5-18(14-17)25-23(29)20-11-12-21(24)31-20/h3-7,9-12,14H,8,13H2,1-2H3,(H,25,29)(H,27,28)/b26-15-. The van der Waals surface area contributed by atoms with Crippen LogP contribution in [0.3, 0.4) is 0 Å². The number of methoxy groups -OCH3 is 1. The van der Waals surface area contributed by atoms with Gasteiger partial charge in [-0.25, -0.2) is 5.43 Å². The van der Waals surface area contributed by atoms with Gasteiger partial charge in [-0.15, -0.1) is 0 Å². The van der Waals surface area contributed by atoms with Gasteiger partial charge in [-0.3, -0.25) is 9.59 Å². The zero-order valence-electron chi connectivity index (χ0n) is 17.1. The van der Waals surface area contributed by atoms with Crippen LogP contribution < -0.4 is 15.5 Å². The third kappa shape index (κ3) is 6.55. The molecule has 2 N–H and O–H groups in total. The van der Waals surface area contributed by atoms with E-state index < -0.39 is 0 Å². The number of aryl methyl sites for hydroxylation is 1. The molecule has 0 aliphatic rings. The van der Waals surface area contributed by atoms with Crippen molar-refractivity contribution in [3.8, 4) is 5.75 Å². The van der Waals surface area contributed by atoms with Gasteiger partial charge in [-0.05, 0) is 76.8 Å². The number of carbonyl (C=O) groups excluding carboxylic acids is 2. The second-order valence-electron chi connectivity index (χ2n) is 6.72. The first-order valence-corrected chi connectivity index (χ1v) is 10.4. The summed E-state index contributed by atoms with van der Waals surface area (Å²) in [5.74, 6) is 0.447. The van der Waals surface area contributed by atoms with Crippen LogP contribution >= 0.6 is 15.9 Å². The van der Waals surface area contributed by atoms with Gasteiger partial charge in [0.15, 0.2) is 10.4 Å². The molecular formula is C23H22BrN3O4. The van der Waals surface area contributed by atoms with Crippen LogP contribution in [0.4, 0.5) is 5.69 Å². The number of nitrogens with zero attached hydrogens (tertiary/aromatic N) is 1. The minimum atomic E-state index is -0.357. The Morgan fingerprint density at radius 3 is 2.55 bits per heavy atom. The van der Waals surface area contributed by atoms with E-state index in [1.165, 1.54) is 0 Å². The van der Waals surface area contributed by atoms with Gasteiger partial charge in [0, 0.05) is 12.1 Å². The molecular weight excluding hydrogens is 462 g/mol. The molecule has 8 heteroatoms. The molecule has 1 aromatic heterocycles. The molecule has 0 aliphatic carbocycles. The zero-order chi connectivity index (χ0) is 22.2. The molecule has 160 valence electrons. The first kappa shape index (κ1) is 22.3. The Morgan fingerprint density at radius 1 is 1.10 bits per heavy atom. The summed E-state index contributed by atoms with van der Waals surface area (Å²) in [5, 5.41) is 6.95. The number of hydrogen-bond acceptors (Lipinski definition) is 5. The molecule has 0 atom stereocenters. The lowest BCUT2D eigenvalue weighted by atomic mass is 10.1. The maximum absolute atomic E-state index is 12.2. The summed E-state index contributed by atoms with van der Waals surface area (Å²) in [4.78, 5) is 24.4. The molecule has 0 spiro atoms. The summed E-state index contributed by atoms with van der Waals surface area (Å²) < 4.78 is 10.9. The maximum atomic E-state index is 12.2. The topological polar surface area (TPSA) is 92.9 Å². The normalized spacial score (nSPS) is 11.1. The van der Waals surface area contributed by atoms with Crippen LogP contribution in [0.1, 0.15) is 35.0 Å². The van der Waals surface area contributed by atoms with E-state index in [1.54, 1.807) is 44.4 Å². The van der Waals surface area contributed by atoms with Gasteiger partial charge in [0.05, 0.1) is 12.8 Å². The Labute approximate surface area is 188 Å². The summed E-state index contributed by atoms with van der Waals surface area (Å²) in [6.45, 7) is 1.79. The molecule has 7 nitrogen and oxygen atoms in total. The van der Waals surface area contributed by atoms with E-state index >= 15 is 0 Å². The molecule has 1 heterocycles. The van der Waals surface area contributed by atoms with Gasteiger partial charge in [0.25, 0.3) is 5.91 Å². The summed E-state index contributed by atoms with van der Waals surface area (Å²) in [7, 11) is 1.62. The molecule has 0 saturated carbocycles. The molecule has 3 rings (SSSR count). The van der Waals surface area contributed by atoms with Crippen LogP contribution in [0, 0.1) is 0 Å². The van der Waals surface area contributed by atoms with Crippen molar-refractivity contribution in [3.63, 3.8) is 0 Å². The predicted octanol–water partition coefficient (Wildman–Crippen LogP) is 4.78. The third-order valence-electron chi connectivity index (χ3n) is 4.48. The quantitative estimate of drug-likeness (QED) is 0.356. The molecule has 0 saturated heterocycles. The van der Waals surface area contributed by atoms with E-state index in [4.69, 9.17) is 9.15 Å². The average Bonchev–Trinajstić information content (AvgIpc) is 3.23. The number of rotatable bonds is 8. The lowest BCUT2D eigenvalue weighted by Gasteiger charge is -2.07. The smallest absolute Gasteiger partial charge is 0.291 e. The molecule has 2 amide bonds. The van der Waals surface area contributed by atoms with E-state index in [2.05, 4.69) is 31.8 Å². The SMILES string of the molecule is COc1ccc(CCC(=O)N/N=C(/C)c2cccc(NC(=O)c3ccc(Br)o3)c2)cc1. The molecule has 0 bridgehead atoms. The predicted molar refractivity (Wildman–Crippen MR) is 122 cm³/mol. The molecule has 0 fully saturated rings. The number of hydrazone groups is 1. The van der Waals surface area contributed by atoms with Crippen LogP contribution in [-0.2, 0) is 11.2 Å². The van der Waals surface area contributed by atoms with Gasteiger partial charge < -0.3 is 14.5 Å². The van der Waals surface area contributed by atoms with Crippen LogP contribution in [-0.4, -0.2) is 24.6 Å². The van der Waals surface area contributed by atoms with Crippen LogP contribution in [0.5, 0.6) is 5.75 Å². The molecule has 2 aromatic carbocycles. The number of benzene rings is 2. The van der Waals surface area contributed by atoms with Gasteiger partial charge in [0.2, 0.25) is 5.91 Å². The van der Waals surface area contributed by atoms with Crippen molar-refractivity contribution in [2.24, 2.45) is 5.10 Å². The second-order valence-corrected chi connectivity index (χ2v) is 7.50. The monoisotopic (exact) mass is 483 g/mol. The summed E-state index contributed by atoms with van der Waals surface area (Å²) in [5.41, 5.74) is 5.61. The Bertz CT molecular complexity index is 1090. The highest BCUT2D eigenvalue weighted by molar-refractivity contribution is 9.10. The zero-order valence-corrected chi connectivity index (χ0v) is 18.7. The molecule has 31 heavy (non-hydrogen) atoms. The summed E-state index contributed by atoms with van der Waals surface area (Å²) >= 11 is 3.17. The third-order valence-corrected chi connectivity index (χ3v) is 4.91. The van der Waals surface area contributed by atoms with Crippen LogP contribution in [0.15, 0.2) is 74.9 Å². The van der Waals surface area contributed by atoms with E-state index in [-0.39, 0.29) is 17.6 Å². The first-order valence-electron chi connectivity index (χ1n) is 9.58. The van der Waals surface area contributed by atoms with E-state index in [0.717, 1.165) is 16.9 Å². The molecule has 0 unspecified atom stereocenters. The van der Waals surface area contributed by atoms with Crippen molar-refractivity contribution >= 4 is 39.1 Å². The lowest BCUT2D eigenvalue weighted by molar-refractivity contribution is -0.121. The highest BCUT2D eigenvalue weighted by Gasteiger charge is 2.11. The number of halogens is 1. The fourth-order valence-electron chi connectivity index (χ4n) is 2.77. The fourth-order valence-corrected chi connectivity index (χ4v) is 3.07. The van der Waals surface area contributed by atoms with Gasteiger partial charge >= 0.3 is 0 Å². The minimum Gasteiger partial charge on any atom is -0.497 e. The average molecular weight is 484 g/mol. The van der Waals surface area contributed by atoms with Crippen molar-refractivity contribution in [2.45, 2.75) is 19.8 Å². The number of amides is 2. The number of hydrogen-bond donors (Lipinski definition) is 2. The molecule has 0 radical (unpaired) electrons. The Morgan fingerprint density at radius 2 is 1.87 bits per heavy atom. The van der Waals surface area contributed by atoms with E-state index in [9.17, 15) is 9.59 Å². The van der Waals surface area contributed by atoms with Crippen molar-refractivity contribution in [3.05, 3.63) is 82.2 Å². The number of anilines is 1. The Hall–Kier alpha value is -3.39. The van der Waals surface area contributed by atoms with Crippen molar-refractivity contribution in [1.29, 1.82) is 0 Å². The lowest BCUT2D eigenvalue weighted by Crippen LogP contribution is -2.19. The van der Waals surface area contributed by atoms with E-state index in [0.29, 0.717) is 28.9 Å². The van der Waals surface area contributed by atoms with Crippen molar-refractivity contribution in [1.82, 2.24) is 5.43 Å². The van der Waals surface area contributed by atoms with Gasteiger partial charge in [-0.2, -0.15) is 5.10 Å². The number of nitrogens with one attached hydrogen (secondary N) is 2. The van der Waals surface area contributed by atoms with Crippen molar-refractivity contribution in [2.75, 3.05) is 12.4 Å². The van der Waals surface area contributed by atoms with E-state index in [1.807, 2.05) is 30.3 Å². The van der Waals surface area contributed by atoms with Gasteiger partial charge in [0.1, 0.15) is 5.75 Å². The minimum absolute atomic E-state index is 0.178.